The number of hydrogen-bond donors (Lipinski definition) is 3. The van der Waals surface area contributed by atoms with Crippen molar-refractivity contribution < 1.29 is 23.9 Å². The number of benzene rings is 2. The molecular weight excluding hydrogens is 468 g/mol. The quantitative estimate of drug-likeness (QED) is 0.477. The van der Waals surface area contributed by atoms with Gasteiger partial charge in [-0.15, -0.1) is 0 Å². The first-order valence-corrected chi connectivity index (χ1v) is 10.9. The molecule has 1 aromatic heterocycles. The van der Waals surface area contributed by atoms with Crippen LogP contribution in [0.5, 0.6) is 0 Å². The van der Waals surface area contributed by atoms with Crippen molar-refractivity contribution in [2.45, 2.75) is 12.5 Å². The second kappa shape index (κ2) is 9.39. The van der Waals surface area contributed by atoms with Crippen molar-refractivity contribution >= 4 is 57.4 Å². The SMILES string of the molecule is COC(=O)c1nc(NC(=O)CC2NC(=O)c3ccccc3NC2=O)sc1-c1ccc(Cl)cc1. The summed E-state index contributed by atoms with van der Waals surface area (Å²) in [6.07, 6.45) is -0.324. The van der Waals surface area contributed by atoms with Crippen molar-refractivity contribution in [2.24, 2.45) is 0 Å². The summed E-state index contributed by atoms with van der Waals surface area (Å²) in [6.45, 7) is 0. The van der Waals surface area contributed by atoms with Gasteiger partial charge >= 0.3 is 5.97 Å². The smallest absolute Gasteiger partial charge is 0.358 e. The van der Waals surface area contributed by atoms with Gasteiger partial charge in [-0.2, -0.15) is 0 Å². The highest BCUT2D eigenvalue weighted by molar-refractivity contribution is 7.19. The molecule has 0 saturated heterocycles. The molecule has 4 rings (SSSR count). The zero-order valence-electron chi connectivity index (χ0n) is 17.2. The van der Waals surface area contributed by atoms with Crippen LogP contribution >= 0.6 is 22.9 Å². The Kier molecular flexibility index (Phi) is 6.38. The van der Waals surface area contributed by atoms with Crippen LogP contribution in [-0.4, -0.2) is 41.8 Å². The van der Waals surface area contributed by atoms with Crippen LogP contribution in [0.25, 0.3) is 10.4 Å². The minimum Gasteiger partial charge on any atom is -0.464 e. The summed E-state index contributed by atoms with van der Waals surface area (Å²) in [6, 6.07) is 12.3. The van der Waals surface area contributed by atoms with Crippen LogP contribution in [0.4, 0.5) is 10.8 Å². The Morgan fingerprint density at radius 1 is 1.15 bits per heavy atom. The summed E-state index contributed by atoms with van der Waals surface area (Å²) >= 11 is 7.01. The summed E-state index contributed by atoms with van der Waals surface area (Å²) in [5.74, 6) is -2.20. The second-order valence-corrected chi connectivity index (χ2v) is 8.44. The first kappa shape index (κ1) is 22.4. The van der Waals surface area contributed by atoms with E-state index in [-0.39, 0.29) is 17.2 Å². The van der Waals surface area contributed by atoms with E-state index in [9.17, 15) is 19.2 Å². The second-order valence-electron chi connectivity index (χ2n) is 7.01. The Morgan fingerprint density at radius 3 is 2.61 bits per heavy atom. The fourth-order valence-electron chi connectivity index (χ4n) is 3.22. The molecule has 1 aliphatic rings. The lowest BCUT2D eigenvalue weighted by atomic mass is 10.1. The summed E-state index contributed by atoms with van der Waals surface area (Å²) in [5, 5.41) is 8.48. The maximum Gasteiger partial charge on any atom is 0.358 e. The molecule has 168 valence electrons. The highest BCUT2D eigenvalue weighted by Gasteiger charge is 2.30. The molecule has 2 heterocycles. The molecule has 1 atom stereocenters. The molecule has 1 unspecified atom stereocenters. The van der Waals surface area contributed by atoms with Crippen LogP contribution in [0.3, 0.4) is 0 Å². The molecule has 0 bridgehead atoms. The third kappa shape index (κ3) is 4.86. The predicted octanol–water partition coefficient (Wildman–Crippen LogP) is 3.33. The number of aromatic nitrogens is 1. The zero-order chi connectivity index (χ0) is 23.5. The van der Waals surface area contributed by atoms with Crippen LogP contribution in [0.1, 0.15) is 27.3 Å². The number of nitrogens with one attached hydrogen (secondary N) is 3. The standard InChI is InChI=1S/C22H17ClN4O5S/c1-32-21(31)17-18(11-6-8-12(23)9-7-11)33-22(27-17)26-16(28)10-15-20(30)24-14-5-3-2-4-13(14)19(29)25-15/h2-9,15H,10H2,1H3,(H,24,30)(H,25,29)(H,26,27,28). The number of hydrogen-bond acceptors (Lipinski definition) is 7. The van der Waals surface area contributed by atoms with Crippen molar-refractivity contribution in [1.29, 1.82) is 0 Å². The lowest BCUT2D eigenvalue weighted by molar-refractivity contribution is -0.122. The third-order valence-electron chi connectivity index (χ3n) is 4.80. The number of fused-ring (bicyclic) bond motifs is 1. The molecule has 3 amide bonds. The molecule has 0 fully saturated rings. The number of carbonyl (C=O) groups excluding carboxylic acids is 4. The van der Waals surface area contributed by atoms with E-state index in [0.29, 0.717) is 26.7 Å². The normalized spacial score (nSPS) is 15.0. The predicted molar refractivity (Wildman–Crippen MR) is 123 cm³/mol. The van der Waals surface area contributed by atoms with E-state index in [4.69, 9.17) is 16.3 Å². The van der Waals surface area contributed by atoms with Gasteiger partial charge in [0, 0.05) is 5.02 Å². The molecular formula is C22H17ClN4O5S. The van der Waals surface area contributed by atoms with Gasteiger partial charge in [0.25, 0.3) is 5.91 Å². The van der Waals surface area contributed by atoms with E-state index in [2.05, 4.69) is 20.9 Å². The highest BCUT2D eigenvalue weighted by atomic mass is 35.5. The number of methoxy groups -OCH3 is 1. The van der Waals surface area contributed by atoms with E-state index in [1.54, 1.807) is 48.5 Å². The fourth-order valence-corrected chi connectivity index (χ4v) is 4.32. The molecule has 3 aromatic rings. The number of anilines is 2. The van der Waals surface area contributed by atoms with Crippen molar-refractivity contribution in [1.82, 2.24) is 10.3 Å². The van der Waals surface area contributed by atoms with Gasteiger partial charge in [0.1, 0.15) is 6.04 Å². The third-order valence-corrected chi connectivity index (χ3v) is 6.07. The minimum atomic E-state index is -1.08. The number of rotatable bonds is 5. The Bertz CT molecular complexity index is 1260. The van der Waals surface area contributed by atoms with Crippen molar-refractivity contribution in [3.63, 3.8) is 0 Å². The van der Waals surface area contributed by atoms with Gasteiger partial charge in [-0.1, -0.05) is 47.2 Å². The number of thiazole rings is 1. The summed E-state index contributed by atoms with van der Waals surface area (Å²) in [7, 11) is 1.23. The van der Waals surface area contributed by atoms with Gasteiger partial charge in [0.15, 0.2) is 10.8 Å². The maximum atomic E-state index is 12.6. The molecule has 11 heteroatoms. The molecule has 0 saturated carbocycles. The number of carbonyl (C=O) groups is 4. The van der Waals surface area contributed by atoms with Crippen LogP contribution in [-0.2, 0) is 14.3 Å². The fraction of sp³-hybridized carbons (Fsp3) is 0.136. The summed E-state index contributed by atoms with van der Waals surface area (Å²) < 4.78 is 4.80. The molecule has 0 radical (unpaired) electrons. The van der Waals surface area contributed by atoms with E-state index >= 15 is 0 Å². The molecule has 0 spiro atoms. The Balaban J connectivity index is 1.52. The zero-order valence-corrected chi connectivity index (χ0v) is 18.8. The van der Waals surface area contributed by atoms with Crippen LogP contribution < -0.4 is 16.0 Å². The molecule has 9 nitrogen and oxygen atoms in total. The summed E-state index contributed by atoms with van der Waals surface area (Å²) in [5.41, 5.74) is 1.39. The van der Waals surface area contributed by atoms with E-state index < -0.39 is 29.7 Å². The molecule has 0 aliphatic carbocycles. The van der Waals surface area contributed by atoms with E-state index in [1.807, 2.05) is 0 Å². The number of para-hydroxylation sites is 1. The topological polar surface area (TPSA) is 126 Å². The minimum absolute atomic E-state index is 0.0380. The number of halogens is 1. The average Bonchev–Trinajstić information content (AvgIpc) is 3.17. The number of nitrogens with zero attached hydrogens (tertiary/aromatic N) is 1. The van der Waals surface area contributed by atoms with Crippen LogP contribution in [0.2, 0.25) is 5.02 Å². The van der Waals surface area contributed by atoms with Crippen LogP contribution in [0.15, 0.2) is 48.5 Å². The van der Waals surface area contributed by atoms with Crippen LogP contribution in [0, 0.1) is 0 Å². The molecule has 2 aromatic carbocycles. The van der Waals surface area contributed by atoms with Crippen molar-refractivity contribution in [2.75, 3.05) is 17.7 Å². The average molecular weight is 485 g/mol. The van der Waals surface area contributed by atoms with E-state index in [0.717, 1.165) is 11.3 Å². The largest absolute Gasteiger partial charge is 0.464 e. The molecule has 33 heavy (non-hydrogen) atoms. The number of esters is 1. The van der Waals surface area contributed by atoms with E-state index in [1.165, 1.54) is 7.11 Å². The molecule has 1 aliphatic heterocycles. The van der Waals surface area contributed by atoms with Gasteiger partial charge in [-0.05, 0) is 29.8 Å². The van der Waals surface area contributed by atoms with Gasteiger partial charge in [-0.3, -0.25) is 14.4 Å². The Hall–Kier alpha value is -3.76. The van der Waals surface area contributed by atoms with Crippen molar-refractivity contribution in [3.05, 3.63) is 64.8 Å². The van der Waals surface area contributed by atoms with Crippen molar-refractivity contribution in [3.8, 4) is 10.4 Å². The maximum absolute atomic E-state index is 12.6. The lowest BCUT2D eigenvalue weighted by Gasteiger charge is -2.13. The number of ether oxygens (including phenoxy) is 1. The lowest BCUT2D eigenvalue weighted by Crippen LogP contribution is -2.43. The van der Waals surface area contributed by atoms with Gasteiger partial charge in [0.05, 0.1) is 29.7 Å². The summed E-state index contributed by atoms with van der Waals surface area (Å²) in [4.78, 5) is 54.5. The first-order valence-electron chi connectivity index (χ1n) is 9.71. The van der Waals surface area contributed by atoms with Gasteiger partial charge in [-0.25, -0.2) is 9.78 Å². The Morgan fingerprint density at radius 2 is 1.88 bits per heavy atom. The van der Waals surface area contributed by atoms with Gasteiger partial charge in [0.2, 0.25) is 11.8 Å². The first-order chi connectivity index (χ1) is 15.9. The highest BCUT2D eigenvalue weighted by Crippen LogP contribution is 2.34. The Labute approximate surface area is 197 Å². The number of amides is 3. The monoisotopic (exact) mass is 484 g/mol. The van der Waals surface area contributed by atoms with Gasteiger partial charge < -0.3 is 20.7 Å². The molecule has 3 N–H and O–H groups in total.